The number of carbonyl (C=O) groups excluding carboxylic acids is 3. The topological polar surface area (TPSA) is 88.2 Å². The molecule has 3 aliphatic rings. The Balaban J connectivity index is 1.16. The van der Waals surface area contributed by atoms with Crippen molar-refractivity contribution < 1.29 is 32.6 Å². The third-order valence-corrected chi connectivity index (χ3v) is 8.08. The summed E-state index contributed by atoms with van der Waals surface area (Å²) in [5, 5.41) is 2.94. The lowest BCUT2D eigenvalue weighted by Gasteiger charge is -2.35. The van der Waals surface area contributed by atoms with E-state index < -0.39 is 29.8 Å². The van der Waals surface area contributed by atoms with Crippen LogP contribution < -0.4 is 5.32 Å². The molecule has 1 aliphatic carbocycles. The van der Waals surface area contributed by atoms with E-state index in [-0.39, 0.29) is 18.6 Å². The number of nitrogens with zero attached hydrogens (tertiary/aromatic N) is 2. The predicted molar refractivity (Wildman–Crippen MR) is 138 cm³/mol. The number of nitrogens with one attached hydrogen (secondary N) is 1. The van der Waals surface area contributed by atoms with Gasteiger partial charge in [0.15, 0.2) is 11.6 Å². The van der Waals surface area contributed by atoms with Gasteiger partial charge in [0.25, 0.3) is 0 Å². The first kappa shape index (κ1) is 27.1. The number of carbonyl (C=O) groups is 3. The number of cyclic esters (lactones) is 1. The summed E-state index contributed by atoms with van der Waals surface area (Å²) >= 11 is 0. The van der Waals surface area contributed by atoms with Crippen molar-refractivity contribution in [1.82, 2.24) is 15.1 Å². The Bertz CT molecular complexity index is 1230. The zero-order valence-electron chi connectivity index (χ0n) is 21.9. The predicted octanol–water partition coefficient (Wildman–Crippen LogP) is 5.15. The van der Waals surface area contributed by atoms with Gasteiger partial charge in [-0.2, -0.15) is 0 Å². The summed E-state index contributed by atoms with van der Waals surface area (Å²) in [6, 6.07) is 9.82. The molecule has 3 fully saturated rings. The highest BCUT2D eigenvalue weighted by molar-refractivity contribution is 5.93. The van der Waals surface area contributed by atoms with Crippen LogP contribution in [0.4, 0.5) is 18.4 Å². The molecule has 2 atom stereocenters. The molecule has 0 radical (unpaired) electrons. The number of rotatable bonds is 6. The number of urea groups is 1. The molecule has 3 amide bonds. The Morgan fingerprint density at radius 2 is 1.82 bits per heavy atom. The molecule has 2 heterocycles. The maximum absolute atomic E-state index is 13.8. The maximum atomic E-state index is 13.8. The van der Waals surface area contributed by atoms with Crippen molar-refractivity contribution in [2.24, 2.45) is 0 Å². The number of hydrogen-bond donors (Lipinski definition) is 1. The zero-order valence-corrected chi connectivity index (χ0v) is 21.9. The minimum absolute atomic E-state index is 0.114. The summed E-state index contributed by atoms with van der Waals surface area (Å²) in [6.45, 7) is 3.53. The number of halogens is 2. The largest absolute Gasteiger partial charge is 0.462 e. The molecule has 8 nitrogen and oxygen atoms in total. The van der Waals surface area contributed by atoms with Crippen LogP contribution in [-0.2, 0) is 9.47 Å². The van der Waals surface area contributed by atoms with Gasteiger partial charge in [0.05, 0.1) is 12.2 Å². The van der Waals surface area contributed by atoms with Gasteiger partial charge < -0.3 is 14.8 Å². The fraction of sp³-hybridized carbons (Fsp3) is 0.483. The zero-order chi connectivity index (χ0) is 27.5. The first-order chi connectivity index (χ1) is 18.9. The monoisotopic (exact) mass is 541 g/mol. The molecule has 1 N–H and O–H groups in total. The van der Waals surface area contributed by atoms with Gasteiger partial charge in [-0.3, -0.25) is 4.90 Å². The molecule has 2 saturated heterocycles. The summed E-state index contributed by atoms with van der Waals surface area (Å²) in [7, 11) is 0. The van der Waals surface area contributed by atoms with Gasteiger partial charge in [0.1, 0.15) is 12.6 Å². The second-order valence-electron chi connectivity index (χ2n) is 10.4. The number of imide groups is 1. The molecule has 39 heavy (non-hydrogen) atoms. The van der Waals surface area contributed by atoms with Crippen LogP contribution in [0.3, 0.4) is 0 Å². The second kappa shape index (κ2) is 11.7. The SMILES string of the molecule is CCOC(=O)c1ccccc1C1CCC(N2CCC(NC(=O)N3C(=O)OCC3c3ccc(F)c(F)c3)C2)CC1. The van der Waals surface area contributed by atoms with Gasteiger partial charge >= 0.3 is 18.1 Å². The van der Waals surface area contributed by atoms with Crippen LogP contribution in [0.2, 0.25) is 0 Å². The second-order valence-corrected chi connectivity index (χ2v) is 10.4. The van der Waals surface area contributed by atoms with E-state index >= 15 is 0 Å². The molecule has 10 heteroatoms. The molecule has 2 unspecified atom stereocenters. The van der Waals surface area contributed by atoms with Gasteiger partial charge in [-0.15, -0.1) is 0 Å². The van der Waals surface area contributed by atoms with Crippen molar-refractivity contribution in [2.45, 2.75) is 63.1 Å². The molecule has 2 aromatic rings. The van der Waals surface area contributed by atoms with Crippen LogP contribution in [0.25, 0.3) is 0 Å². The quantitative estimate of drug-likeness (QED) is 0.510. The van der Waals surface area contributed by atoms with Crippen LogP contribution in [0.1, 0.15) is 72.5 Å². The van der Waals surface area contributed by atoms with Gasteiger partial charge in [0, 0.05) is 25.2 Å². The Kier molecular flexibility index (Phi) is 8.11. The van der Waals surface area contributed by atoms with Crippen molar-refractivity contribution in [2.75, 3.05) is 26.3 Å². The lowest BCUT2D eigenvalue weighted by atomic mass is 9.79. The van der Waals surface area contributed by atoms with Gasteiger partial charge in [-0.05, 0) is 74.3 Å². The molecule has 0 spiro atoms. The van der Waals surface area contributed by atoms with Crippen LogP contribution in [-0.4, -0.2) is 66.3 Å². The molecule has 5 rings (SSSR count). The minimum Gasteiger partial charge on any atom is -0.462 e. The molecule has 2 aliphatic heterocycles. The highest BCUT2D eigenvalue weighted by Crippen LogP contribution is 2.37. The van der Waals surface area contributed by atoms with Gasteiger partial charge in [-0.25, -0.2) is 28.1 Å². The number of benzene rings is 2. The summed E-state index contributed by atoms with van der Waals surface area (Å²) in [5.41, 5.74) is 1.99. The molecular weight excluding hydrogens is 508 g/mol. The Hall–Kier alpha value is -3.53. The number of esters is 1. The van der Waals surface area contributed by atoms with Crippen molar-refractivity contribution >= 4 is 18.1 Å². The highest BCUT2D eigenvalue weighted by atomic mass is 19.2. The number of amides is 3. The van der Waals surface area contributed by atoms with E-state index in [1.54, 1.807) is 6.92 Å². The van der Waals surface area contributed by atoms with E-state index in [2.05, 4.69) is 10.2 Å². The Labute approximate surface area is 226 Å². The van der Waals surface area contributed by atoms with E-state index in [0.717, 1.165) is 61.2 Å². The van der Waals surface area contributed by atoms with E-state index in [4.69, 9.17) is 9.47 Å². The standard InChI is InChI=1S/C29H33F2N3O5/c1-2-38-27(35)23-6-4-3-5-22(23)18-7-10-21(11-8-18)33-14-13-20(16-33)32-28(36)34-26(17-39-29(34)37)19-9-12-24(30)25(31)15-19/h3-6,9,12,15,18,20-21,26H,2,7-8,10-11,13-14,16-17H2,1H3,(H,32,36). The average Bonchev–Trinajstić information content (AvgIpc) is 3.57. The lowest BCUT2D eigenvalue weighted by Crippen LogP contribution is -2.47. The molecular formula is C29H33F2N3O5. The van der Waals surface area contributed by atoms with Gasteiger partial charge in [-0.1, -0.05) is 24.3 Å². The van der Waals surface area contributed by atoms with E-state index in [0.29, 0.717) is 36.2 Å². The third kappa shape index (κ3) is 5.75. The van der Waals surface area contributed by atoms with Crippen molar-refractivity contribution in [1.29, 1.82) is 0 Å². The number of hydrogen-bond acceptors (Lipinski definition) is 6. The summed E-state index contributed by atoms with van der Waals surface area (Å²) < 4.78 is 37.4. The molecule has 1 saturated carbocycles. The molecule has 0 aromatic heterocycles. The van der Waals surface area contributed by atoms with Crippen molar-refractivity contribution in [3.63, 3.8) is 0 Å². The first-order valence-electron chi connectivity index (χ1n) is 13.6. The van der Waals surface area contributed by atoms with E-state index in [9.17, 15) is 23.2 Å². The fourth-order valence-corrected chi connectivity index (χ4v) is 6.09. The highest BCUT2D eigenvalue weighted by Gasteiger charge is 2.41. The minimum atomic E-state index is -1.04. The molecule has 0 bridgehead atoms. The van der Waals surface area contributed by atoms with Crippen LogP contribution in [0.15, 0.2) is 42.5 Å². The number of ether oxygens (including phenoxy) is 2. The summed E-state index contributed by atoms with van der Waals surface area (Å²) in [5.74, 6) is -2.02. The van der Waals surface area contributed by atoms with Crippen LogP contribution in [0.5, 0.6) is 0 Å². The first-order valence-corrected chi connectivity index (χ1v) is 13.6. The lowest BCUT2D eigenvalue weighted by molar-refractivity contribution is 0.0523. The normalized spacial score (nSPS) is 25.4. The maximum Gasteiger partial charge on any atom is 0.418 e. The summed E-state index contributed by atoms with van der Waals surface area (Å²) in [4.78, 5) is 41.1. The van der Waals surface area contributed by atoms with Crippen LogP contribution >= 0.6 is 0 Å². The van der Waals surface area contributed by atoms with Crippen LogP contribution in [0, 0.1) is 11.6 Å². The smallest absolute Gasteiger partial charge is 0.418 e. The Morgan fingerprint density at radius 3 is 2.56 bits per heavy atom. The van der Waals surface area contributed by atoms with Crippen molar-refractivity contribution in [3.05, 3.63) is 70.8 Å². The van der Waals surface area contributed by atoms with E-state index in [1.807, 2.05) is 24.3 Å². The molecule has 2 aromatic carbocycles. The number of likely N-dealkylation sites (tertiary alicyclic amines) is 1. The van der Waals surface area contributed by atoms with Crippen molar-refractivity contribution in [3.8, 4) is 0 Å². The summed E-state index contributed by atoms with van der Waals surface area (Å²) in [6.07, 6.45) is 3.83. The average molecular weight is 542 g/mol. The third-order valence-electron chi connectivity index (χ3n) is 8.08. The van der Waals surface area contributed by atoms with E-state index in [1.165, 1.54) is 6.07 Å². The fourth-order valence-electron chi connectivity index (χ4n) is 6.09. The van der Waals surface area contributed by atoms with Gasteiger partial charge in [0.2, 0.25) is 0 Å². The Morgan fingerprint density at radius 1 is 1.05 bits per heavy atom. The molecule has 208 valence electrons.